The first-order valence-corrected chi connectivity index (χ1v) is 6.49. The Morgan fingerprint density at radius 2 is 1.83 bits per heavy atom. The zero-order valence-electron chi connectivity index (χ0n) is 11.4. The van der Waals surface area contributed by atoms with Gasteiger partial charge in [0.15, 0.2) is 0 Å². The van der Waals surface area contributed by atoms with Crippen LogP contribution < -0.4 is 5.32 Å². The molecule has 1 atom stereocenters. The third-order valence-electron chi connectivity index (χ3n) is 3.23. The molecule has 1 unspecified atom stereocenters. The van der Waals surface area contributed by atoms with Crippen LogP contribution in [-0.2, 0) is 6.42 Å². The zero-order chi connectivity index (χ0) is 13.0. The Morgan fingerprint density at radius 3 is 2.56 bits per heavy atom. The summed E-state index contributed by atoms with van der Waals surface area (Å²) in [5.74, 6) is 0. The Morgan fingerprint density at radius 1 is 1.11 bits per heavy atom. The number of allylic oxidation sites excluding steroid dienone is 1. The largest absolute Gasteiger partial charge is 0.313 e. The molecule has 2 aromatic carbocycles. The maximum absolute atomic E-state index is 3.37. The van der Waals surface area contributed by atoms with E-state index in [0.717, 1.165) is 6.42 Å². The Balaban J connectivity index is 2.34. The number of fused-ring (bicyclic) bond motifs is 1. The maximum Gasteiger partial charge on any atom is 0.0290 e. The fraction of sp³-hybridized carbons (Fsp3) is 0.294. The lowest BCUT2D eigenvalue weighted by Crippen LogP contribution is -2.25. The van der Waals surface area contributed by atoms with Gasteiger partial charge in [0.2, 0.25) is 0 Å². The molecule has 0 spiro atoms. The van der Waals surface area contributed by atoms with E-state index in [9.17, 15) is 0 Å². The van der Waals surface area contributed by atoms with Crippen LogP contribution in [0.3, 0.4) is 0 Å². The number of nitrogens with one attached hydrogen (secondary N) is 1. The third kappa shape index (κ3) is 2.99. The predicted molar refractivity (Wildman–Crippen MR) is 79.9 cm³/mol. The van der Waals surface area contributed by atoms with Crippen molar-refractivity contribution in [1.29, 1.82) is 0 Å². The summed E-state index contributed by atoms with van der Waals surface area (Å²) < 4.78 is 0. The van der Waals surface area contributed by atoms with Crippen molar-refractivity contribution in [2.75, 3.05) is 7.05 Å². The molecule has 0 saturated carbocycles. The van der Waals surface area contributed by atoms with Crippen LogP contribution in [0.15, 0.2) is 54.1 Å². The topological polar surface area (TPSA) is 12.0 Å². The van der Waals surface area contributed by atoms with Crippen LogP contribution in [-0.4, -0.2) is 13.1 Å². The molecule has 1 nitrogen and oxygen atoms in total. The van der Waals surface area contributed by atoms with Crippen LogP contribution in [0.2, 0.25) is 0 Å². The van der Waals surface area contributed by atoms with Crippen molar-refractivity contribution < 1.29 is 0 Å². The Bertz CT molecular complexity index is 545. The number of hydrogen-bond donors (Lipinski definition) is 1. The standard InChI is InChI=1S/C17H21N/c1-13(2)11-16(18-3)12-15-9-6-8-14-7-4-5-10-17(14)15/h4-11,16,18H,12H2,1-3H3. The van der Waals surface area contributed by atoms with Crippen molar-refractivity contribution in [3.8, 4) is 0 Å². The molecule has 2 aromatic rings. The zero-order valence-corrected chi connectivity index (χ0v) is 11.4. The van der Waals surface area contributed by atoms with Gasteiger partial charge in [0.1, 0.15) is 0 Å². The van der Waals surface area contributed by atoms with Gasteiger partial charge in [-0.3, -0.25) is 0 Å². The molecule has 18 heavy (non-hydrogen) atoms. The normalized spacial score (nSPS) is 12.4. The first kappa shape index (κ1) is 12.8. The summed E-state index contributed by atoms with van der Waals surface area (Å²) in [6.07, 6.45) is 3.32. The molecule has 0 heterocycles. The van der Waals surface area contributed by atoms with Gasteiger partial charge in [-0.2, -0.15) is 0 Å². The molecule has 2 rings (SSSR count). The third-order valence-corrected chi connectivity index (χ3v) is 3.23. The number of rotatable bonds is 4. The Labute approximate surface area is 110 Å². The smallest absolute Gasteiger partial charge is 0.0290 e. The average Bonchev–Trinajstić information content (AvgIpc) is 2.38. The molecule has 1 heteroatoms. The minimum atomic E-state index is 0.404. The SMILES string of the molecule is CNC(C=C(C)C)Cc1cccc2ccccc12. The van der Waals surface area contributed by atoms with E-state index < -0.39 is 0 Å². The van der Waals surface area contributed by atoms with Gasteiger partial charge >= 0.3 is 0 Å². The number of benzene rings is 2. The quantitative estimate of drug-likeness (QED) is 0.797. The fourth-order valence-electron chi connectivity index (χ4n) is 2.35. The van der Waals surface area contributed by atoms with E-state index in [4.69, 9.17) is 0 Å². The lowest BCUT2D eigenvalue weighted by atomic mass is 9.98. The van der Waals surface area contributed by atoms with Crippen LogP contribution in [0.5, 0.6) is 0 Å². The lowest BCUT2D eigenvalue weighted by Gasteiger charge is -2.14. The van der Waals surface area contributed by atoms with E-state index in [-0.39, 0.29) is 0 Å². The molecular weight excluding hydrogens is 218 g/mol. The van der Waals surface area contributed by atoms with Crippen LogP contribution in [0, 0.1) is 0 Å². The van der Waals surface area contributed by atoms with E-state index in [1.807, 2.05) is 7.05 Å². The van der Waals surface area contributed by atoms with Crippen molar-refractivity contribution in [2.45, 2.75) is 26.3 Å². The summed E-state index contributed by atoms with van der Waals surface area (Å²) in [6.45, 7) is 4.29. The van der Waals surface area contributed by atoms with Crippen molar-refractivity contribution in [3.63, 3.8) is 0 Å². The summed E-state index contributed by atoms with van der Waals surface area (Å²) in [5.41, 5.74) is 2.76. The minimum absolute atomic E-state index is 0.404. The van der Waals surface area contributed by atoms with Gasteiger partial charge < -0.3 is 5.32 Å². The molecule has 0 aliphatic rings. The Kier molecular flexibility index (Phi) is 4.16. The first-order valence-electron chi connectivity index (χ1n) is 6.49. The van der Waals surface area contributed by atoms with Gasteiger partial charge in [-0.05, 0) is 43.7 Å². The van der Waals surface area contributed by atoms with Gasteiger partial charge in [0, 0.05) is 6.04 Å². The van der Waals surface area contributed by atoms with E-state index in [2.05, 4.69) is 67.7 Å². The molecule has 1 N–H and O–H groups in total. The van der Waals surface area contributed by atoms with E-state index in [0.29, 0.717) is 6.04 Å². The number of likely N-dealkylation sites (N-methyl/N-ethyl adjacent to an activating group) is 1. The van der Waals surface area contributed by atoms with Crippen molar-refractivity contribution in [1.82, 2.24) is 5.32 Å². The van der Waals surface area contributed by atoms with E-state index in [1.54, 1.807) is 0 Å². The molecule has 0 saturated heterocycles. The second-order valence-corrected chi connectivity index (χ2v) is 4.98. The molecule has 0 bridgehead atoms. The van der Waals surface area contributed by atoms with Crippen LogP contribution in [0.1, 0.15) is 19.4 Å². The van der Waals surface area contributed by atoms with E-state index in [1.165, 1.54) is 21.9 Å². The Hall–Kier alpha value is -1.60. The fourth-order valence-corrected chi connectivity index (χ4v) is 2.35. The van der Waals surface area contributed by atoms with Crippen LogP contribution in [0.4, 0.5) is 0 Å². The minimum Gasteiger partial charge on any atom is -0.313 e. The van der Waals surface area contributed by atoms with Crippen molar-refractivity contribution in [2.24, 2.45) is 0 Å². The van der Waals surface area contributed by atoms with Gasteiger partial charge in [0.05, 0.1) is 0 Å². The van der Waals surface area contributed by atoms with Gasteiger partial charge in [0.25, 0.3) is 0 Å². The summed E-state index contributed by atoms with van der Waals surface area (Å²) in [5, 5.41) is 6.05. The number of hydrogen-bond acceptors (Lipinski definition) is 1. The van der Waals surface area contributed by atoms with Crippen LogP contribution >= 0.6 is 0 Å². The summed E-state index contributed by atoms with van der Waals surface area (Å²) in [6, 6.07) is 15.5. The van der Waals surface area contributed by atoms with Crippen molar-refractivity contribution >= 4 is 10.8 Å². The van der Waals surface area contributed by atoms with Crippen LogP contribution in [0.25, 0.3) is 10.8 Å². The summed E-state index contributed by atoms with van der Waals surface area (Å²) >= 11 is 0. The second-order valence-electron chi connectivity index (χ2n) is 4.98. The summed E-state index contributed by atoms with van der Waals surface area (Å²) in [4.78, 5) is 0. The highest BCUT2D eigenvalue weighted by molar-refractivity contribution is 5.85. The second kappa shape index (κ2) is 5.83. The molecule has 0 aliphatic carbocycles. The van der Waals surface area contributed by atoms with Crippen molar-refractivity contribution in [3.05, 3.63) is 59.7 Å². The highest BCUT2D eigenvalue weighted by Gasteiger charge is 2.06. The molecule has 0 fully saturated rings. The molecule has 94 valence electrons. The molecule has 0 aromatic heterocycles. The average molecular weight is 239 g/mol. The highest BCUT2D eigenvalue weighted by atomic mass is 14.9. The molecular formula is C17H21N. The lowest BCUT2D eigenvalue weighted by molar-refractivity contribution is 0.662. The summed E-state index contributed by atoms with van der Waals surface area (Å²) in [7, 11) is 2.02. The maximum atomic E-state index is 3.37. The molecule has 0 radical (unpaired) electrons. The van der Waals surface area contributed by atoms with Gasteiger partial charge in [-0.15, -0.1) is 0 Å². The monoisotopic (exact) mass is 239 g/mol. The van der Waals surface area contributed by atoms with Gasteiger partial charge in [-0.25, -0.2) is 0 Å². The van der Waals surface area contributed by atoms with E-state index >= 15 is 0 Å². The highest BCUT2D eigenvalue weighted by Crippen LogP contribution is 2.20. The van der Waals surface area contributed by atoms with Gasteiger partial charge in [-0.1, -0.05) is 54.1 Å². The first-order chi connectivity index (χ1) is 8.70. The molecule has 0 aliphatic heterocycles. The molecule has 0 amide bonds. The predicted octanol–water partition coefficient (Wildman–Crippen LogP) is 3.94.